The van der Waals surface area contributed by atoms with E-state index in [2.05, 4.69) is 9.97 Å². The number of hydrogen-bond donors (Lipinski definition) is 1. The van der Waals surface area contributed by atoms with Crippen molar-refractivity contribution < 1.29 is 9.47 Å². The van der Waals surface area contributed by atoms with Crippen molar-refractivity contribution in [1.82, 2.24) is 9.97 Å². The monoisotopic (exact) mass is 372 g/mol. The van der Waals surface area contributed by atoms with Crippen molar-refractivity contribution in [3.05, 3.63) is 37.8 Å². The predicted molar refractivity (Wildman–Crippen MR) is 80.9 cm³/mol. The first kappa shape index (κ1) is 13.9. The van der Waals surface area contributed by atoms with Gasteiger partial charge in [-0.25, -0.2) is 4.98 Å². The average Bonchev–Trinajstić information content (AvgIpc) is 2.43. The zero-order valence-electron chi connectivity index (χ0n) is 10.8. The number of rotatable bonds is 3. The van der Waals surface area contributed by atoms with Crippen LogP contribution in [0.5, 0.6) is 11.5 Å². The highest BCUT2D eigenvalue weighted by molar-refractivity contribution is 14.1. The highest BCUT2D eigenvalue weighted by Crippen LogP contribution is 2.27. The van der Waals surface area contributed by atoms with Crippen LogP contribution in [0.1, 0.15) is 5.69 Å². The predicted octanol–water partition coefficient (Wildman–Crippen LogP) is 2.37. The number of aryl methyl sites for hydroxylation is 1. The summed E-state index contributed by atoms with van der Waals surface area (Å²) in [6.07, 6.45) is 0. The Hall–Kier alpha value is -1.57. The van der Waals surface area contributed by atoms with Gasteiger partial charge in [-0.3, -0.25) is 4.79 Å². The minimum Gasteiger partial charge on any atom is -0.497 e. The van der Waals surface area contributed by atoms with E-state index in [9.17, 15) is 4.79 Å². The van der Waals surface area contributed by atoms with E-state index in [0.717, 1.165) is 5.56 Å². The Morgan fingerprint density at radius 2 is 1.74 bits per heavy atom. The van der Waals surface area contributed by atoms with Crippen LogP contribution in [0.2, 0.25) is 0 Å². The maximum Gasteiger partial charge on any atom is 0.264 e. The molecule has 0 saturated carbocycles. The van der Waals surface area contributed by atoms with Crippen molar-refractivity contribution in [1.29, 1.82) is 0 Å². The molecule has 2 rings (SSSR count). The molecule has 1 aromatic carbocycles. The van der Waals surface area contributed by atoms with Crippen LogP contribution < -0.4 is 15.0 Å². The van der Waals surface area contributed by atoms with Gasteiger partial charge in [0.25, 0.3) is 5.56 Å². The van der Waals surface area contributed by atoms with Crippen molar-refractivity contribution in [2.24, 2.45) is 0 Å². The SMILES string of the molecule is COc1cc(OC)cc(-c2nc(C)c(I)c(=O)[nH]2)c1. The van der Waals surface area contributed by atoms with E-state index in [0.29, 0.717) is 26.6 Å². The van der Waals surface area contributed by atoms with Gasteiger partial charge < -0.3 is 14.5 Å². The van der Waals surface area contributed by atoms with E-state index in [1.807, 2.05) is 22.6 Å². The summed E-state index contributed by atoms with van der Waals surface area (Å²) in [5.74, 6) is 1.79. The summed E-state index contributed by atoms with van der Waals surface area (Å²) >= 11 is 1.98. The third-order valence-electron chi connectivity index (χ3n) is 2.65. The van der Waals surface area contributed by atoms with Crippen molar-refractivity contribution in [2.75, 3.05) is 14.2 Å². The molecule has 100 valence electrons. The van der Waals surface area contributed by atoms with Gasteiger partial charge in [-0.15, -0.1) is 0 Å². The first-order chi connectivity index (χ1) is 9.05. The maximum absolute atomic E-state index is 11.8. The molecule has 0 spiro atoms. The summed E-state index contributed by atoms with van der Waals surface area (Å²) in [6.45, 7) is 1.80. The molecule has 5 nitrogen and oxygen atoms in total. The molecule has 1 N–H and O–H groups in total. The van der Waals surface area contributed by atoms with Crippen molar-refractivity contribution >= 4 is 22.6 Å². The first-order valence-electron chi connectivity index (χ1n) is 5.55. The molecule has 0 amide bonds. The molecular weight excluding hydrogens is 359 g/mol. The first-order valence-corrected chi connectivity index (χ1v) is 6.63. The van der Waals surface area contributed by atoms with E-state index < -0.39 is 0 Å². The third-order valence-corrected chi connectivity index (χ3v) is 3.92. The van der Waals surface area contributed by atoms with E-state index in [1.54, 1.807) is 39.3 Å². The van der Waals surface area contributed by atoms with Gasteiger partial charge in [0.1, 0.15) is 17.3 Å². The maximum atomic E-state index is 11.8. The minimum atomic E-state index is -0.148. The number of methoxy groups -OCH3 is 2. The Bertz CT molecular complexity index is 645. The summed E-state index contributed by atoms with van der Waals surface area (Å²) in [4.78, 5) is 18.9. The van der Waals surface area contributed by atoms with Gasteiger partial charge in [0, 0.05) is 11.6 Å². The smallest absolute Gasteiger partial charge is 0.264 e. The fourth-order valence-corrected chi connectivity index (χ4v) is 1.91. The van der Waals surface area contributed by atoms with Gasteiger partial charge in [0.05, 0.1) is 23.5 Å². The third kappa shape index (κ3) is 2.89. The van der Waals surface area contributed by atoms with Crippen LogP contribution >= 0.6 is 22.6 Å². The summed E-state index contributed by atoms with van der Waals surface area (Å²) in [6, 6.07) is 5.36. The zero-order valence-corrected chi connectivity index (χ0v) is 12.9. The molecule has 1 aromatic heterocycles. The molecule has 1 heterocycles. The van der Waals surface area contributed by atoms with E-state index in [-0.39, 0.29) is 5.56 Å². The van der Waals surface area contributed by atoms with Crippen LogP contribution in [-0.2, 0) is 0 Å². The summed E-state index contributed by atoms with van der Waals surface area (Å²) in [5.41, 5.74) is 1.29. The van der Waals surface area contributed by atoms with Gasteiger partial charge in [-0.2, -0.15) is 0 Å². The fraction of sp³-hybridized carbons (Fsp3) is 0.231. The van der Waals surface area contributed by atoms with Crippen LogP contribution in [0.15, 0.2) is 23.0 Å². The average molecular weight is 372 g/mol. The zero-order chi connectivity index (χ0) is 14.0. The molecule has 0 aliphatic carbocycles. The Balaban J connectivity index is 2.61. The number of hydrogen-bond acceptors (Lipinski definition) is 4. The summed E-state index contributed by atoms with van der Waals surface area (Å²) < 4.78 is 11.0. The highest BCUT2D eigenvalue weighted by Gasteiger charge is 2.09. The largest absolute Gasteiger partial charge is 0.497 e. The number of nitrogens with one attached hydrogen (secondary N) is 1. The van der Waals surface area contributed by atoms with Crippen LogP contribution in [-0.4, -0.2) is 24.2 Å². The molecular formula is C13H13IN2O3. The molecule has 0 aliphatic rings. The lowest BCUT2D eigenvalue weighted by Crippen LogP contribution is -2.14. The Kier molecular flexibility index (Phi) is 4.08. The van der Waals surface area contributed by atoms with Crippen LogP contribution in [0, 0.1) is 10.5 Å². The quantitative estimate of drug-likeness (QED) is 0.841. The van der Waals surface area contributed by atoms with Crippen molar-refractivity contribution in [3.8, 4) is 22.9 Å². The van der Waals surface area contributed by atoms with Gasteiger partial charge in [0.15, 0.2) is 0 Å². The number of benzene rings is 1. The van der Waals surface area contributed by atoms with E-state index in [4.69, 9.17) is 9.47 Å². The number of nitrogens with zero attached hydrogens (tertiary/aromatic N) is 1. The van der Waals surface area contributed by atoms with Gasteiger partial charge >= 0.3 is 0 Å². The molecule has 19 heavy (non-hydrogen) atoms. The number of aromatic amines is 1. The lowest BCUT2D eigenvalue weighted by Gasteiger charge is -2.08. The van der Waals surface area contributed by atoms with Gasteiger partial charge in [-0.1, -0.05) is 0 Å². The number of H-pyrrole nitrogens is 1. The van der Waals surface area contributed by atoms with Gasteiger partial charge in [0.2, 0.25) is 0 Å². The standard InChI is InChI=1S/C13H13IN2O3/c1-7-11(14)13(17)16-12(15-7)8-4-9(18-2)6-10(5-8)19-3/h4-6H,1-3H3,(H,15,16,17). The van der Waals surface area contributed by atoms with Crippen LogP contribution in [0.25, 0.3) is 11.4 Å². The number of halogens is 1. The molecule has 0 radical (unpaired) electrons. The highest BCUT2D eigenvalue weighted by atomic mass is 127. The normalized spacial score (nSPS) is 10.3. The Morgan fingerprint density at radius 1 is 1.16 bits per heavy atom. The molecule has 2 aromatic rings. The molecule has 0 saturated heterocycles. The lowest BCUT2D eigenvalue weighted by molar-refractivity contribution is 0.394. The molecule has 0 fully saturated rings. The van der Waals surface area contributed by atoms with Crippen LogP contribution in [0.4, 0.5) is 0 Å². The lowest BCUT2D eigenvalue weighted by atomic mass is 10.2. The van der Waals surface area contributed by atoms with Crippen LogP contribution in [0.3, 0.4) is 0 Å². The summed E-state index contributed by atoms with van der Waals surface area (Å²) in [7, 11) is 3.15. The topological polar surface area (TPSA) is 64.2 Å². The molecule has 0 aliphatic heterocycles. The molecule has 0 unspecified atom stereocenters. The second-order valence-electron chi connectivity index (χ2n) is 3.92. The number of ether oxygens (including phenoxy) is 2. The molecule has 6 heteroatoms. The Morgan fingerprint density at radius 3 is 2.21 bits per heavy atom. The molecule has 0 atom stereocenters. The Labute approximate surface area is 124 Å². The second-order valence-corrected chi connectivity index (χ2v) is 4.99. The van der Waals surface area contributed by atoms with Crippen molar-refractivity contribution in [2.45, 2.75) is 6.92 Å². The minimum absolute atomic E-state index is 0.148. The fourth-order valence-electron chi connectivity index (χ4n) is 1.65. The molecule has 0 bridgehead atoms. The van der Waals surface area contributed by atoms with Crippen molar-refractivity contribution in [3.63, 3.8) is 0 Å². The van der Waals surface area contributed by atoms with E-state index >= 15 is 0 Å². The second kappa shape index (κ2) is 5.60. The van der Waals surface area contributed by atoms with E-state index in [1.165, 1.54) is 0 Å². The van der Waals surface area contributed by atoms with Gasteiger partial charge in [-0.05, 0) is 41.6 Å². The summed E-state index contributed by atoms with van der Waals surface area (Å²) in [5, 5.41) is 0. The number of aromatic nitrogens is 2.